The highest BCUT2D eigenvalue weighted by molar-refractivity contribution is 7.92. The van der Waals surface area contributed by atoms with Crippen LogP contribution in [0.1, 0.15) is 17.5 Å². The molecule has 0 bridgehead atoms. The molecule has 0 spiro atoms. The van der Waals surface area contributed by atoms with E-state index in [-0.39, 0.29) is 33.0 Å². The smallest absolute Gasteiger partial charge is 0.293 e. The lowest BCUT2D eigenvalue weighted by Crippen LogP contribution is -2.34. The predicted molar refractivity (Wildman–Crippen MR) is 120 cm³/mol. The highest BCUT2D eigenvalue weighted by Gasteiger charge is 2.24. The zero-order valence-electron chi connectivity index (χ0n) is 15.8. The maximum absolute atomic E-state index is 13.2. The van der Waals surface area contributed by atoms with Crippen LogP contribution in [0, 0.1) is 0 Å². The molecule has 30 heavy (non-hydrogen) atoms. The number of para-hydroxylation sites is 1. The molecule has 1 amide bonds. The second kappa shape index (κ2) is 9.29. The van der Waals surface area contributed by atoms with Gasteiger partial charge in [0, 0.05) is 6.54 Å². The van der Waals surface area contributed by atoms with Crippen molar-refractivity contribution in [2.24, 2.45) is 0 Å². The molecule has 1 heterocycles. The molecule has 0 saturated heterocycles. The summed E-state index contributed by atoms with van der Waals surface area (Å²) in [5, 5.41) is 5.39. The molecule has 0 unspecified atom stereocenters. The number of hydrogen-bond donors (Lipinski definition) is 2. The summed E-state index contributed by atoms with van der Waals surface area (Å²) < 4.78 is 32.7. The summed E-state index contributed by atoms with van der Waals surface area (Å²) >= 11 is 11.3. The first-order valence-corrected chi connectivity index (χ1v) is 11.1. The fourth-order valence-corrected chi connectivity index (χ4v) is 4.57. The molecule has 0 saturated carbocycles. The van der Waals surface area contributed by atoms with Gasteiger partial charge in [-0.1, -0.05) is 29.8 Å². The van der Waals surface area contributed by atoms with Crippen molar-refractivity contribution in [3.8, 4) is 0 Å². The molecule has 2 N–H and O–H groups in total. The summed E-state index contributed by atoms with van der Waals surface area (Å²) in [6, 6.07) is 16.1. The Morgan fingerprint density at radius 2 is 1.87 bits per heavy atom. The monoisotopic (exact) mass is 463 g/mol. The molecule has 0 aliphatic heterocycles. The van der Waals surface area contributed by atoms with Crippen molar-refractivity contribution in [1.82, 2.24) is 5.32 Å². The molecular weight excluding hydrogens is 446 g/mol. The number of halogens is 1. The molecule has 0 fully saturated rings. The lowest BCUT2D eigenvalue weighted by Gasteiger charge is -2.23. The summed E-state index contributed by atoms with van der Waals surface area (Å²) in [5.74, 6) is -0.457. The number of rotatable bonds is 6. The number of anilines is 2. The second-order valence-corrected chi connectivity index (χ2v) is 8.71. The Bertz CT molecular complexity index is 1150. The summed E-state index contributed by atoms with van der Waals surface area (Å²) in [4.78, 5) is 12.1. The van der Waals surface area contributed by atoms with Gasteiger partial charge in [-0.2, -0.15) is 0 Å². The molecule has 10 heteroatoms. The van der Waals surface area contributed by atoms with Gasteiger partial charge in [0.15, 0.2) is 10.9 Å². The summed E-state index contributed by atoms with van der Waals surface area (Å²) in [6.45, 7) is 1.99. The Balaban J connectivity index is 1.83. The van der Waals surface area contributed by atoms with Gasteiger partial charge in [-0.05, 0) is 61.6 Å². The van der Waals surface area contributed by atoms with Gasteiger partial charge in [0.2, 0.25) is 0 Å². The van der Waals surface area contributed by atoms with Crippen LogP contribution in [-0.2, 0) is 10.0 Å². The van der Waals surface area contributed by atoms with E-state index >= 15 is 0 Å². The molecule has 0 aliphatic carbocycles. The summed E-state index contributed by atoms with van der Waals surface area (Å²) in [6.07, 6.45) is 1.36. The molecule has 0 aliphatic rings. The topological polar surface area (TPSA) is 91.7 Å². The fraction of sp³-hybridized carbons (Fsp3) is 0.100. The highest BCUT2D eigenvalue weighted by atomic mass is 35.5. The Morgan fingerprint density at radius 1 is 1.13 bits per heavy atom. The van der Waals surface area contributed by atoms with Crippen LogP contribution in [0.2, 0.25) is 5.02 Å². The first-order chi connectivity index (χ1) is 14.3. The van der Waals surface area contributed by atoms with Crippen LogP contribution in [0.3, 0.4) is 0 Å². The maximum atomic E-state index is 13.2. The number of carbonyl (C=O) groups excluding carboxylic acids is 1. The average molecular weight is 464 g/mol. The fourth-order valence-electron chi connectivity index (χ4n) is 2.70. The largest absolute Gasteiger partial charge is 0.459 e. The number of nitrogens with zero attached hydrogens (tertiary/aromatic N) is 1. The third-order valence-electron chi connectivity index (χ3n) is 4.08. The van der Waals surface area contributed by atoms with Crippen molar-refractivity contribution < 1.29 is 17.6 Å². The first kappa shape index (κ1) is 21.8. The zero-order chi connectivity index (χ0) is 21.7. The van der Waals surface area contributed by atoms with E-state index in [1.807, 2.05) is 6.07 Å². The number of nitrogens with one attached hydrogen (secondary N) is 2. The molecule has 3 aromatic rings. The Labute approximate surface area is 184 Å². The van der Waals surface area contributed by atoms with Crippen LogP contribution >= 0.6 is 23.8 Å². The zero-order valence-corrected chi connectivity index (χ0v) is 18.2. The van der Waals surface area contributed by atoms with E-state index < -0.39 is 15.9 Å². The van der Waals surface area contributed by atoms with Crippen molar-refractivity contribution in [2.45, 2.75) is 11.8 Å². The van der Waals surface area contributed by atoms with E-state index in [4.69, 9.17) is 28.2 Å². The van der Waals surface area contributed by atoms with Crippen LogP contribution in [0.15, 0.2) is 76.2 Å². The van der Waals surface area contributed by atoms with Gasteiger partial charge in [0.25, 0.3) is 15.9 Å². The second-order valence-electron chi connectivity index (χ2n) is 6.03. The number of amides is 1. The van der Waals surface area contributed by atoms with E-state index in [1.54, 1.807) is 37.3 Å². The van der Waals surface area contributed by atoms with Gasteiger partial charge >= 0.3 is 0 Å². The van der Waals surface area contributed by atoms with E-state index in [9.17, 15) is 13.2 Å². The summed E-state index contributed by atoms with van der Waals surface area (Å²) in [5.41, 5.74) is 0.789. The van der Waals surface area contributed by atoms with Crippen LogP contribution in [-0.4, -0.2) is 26.0 Å². The normalized spacial score (nSPS) is 11.0. The van der Waals surface area contributed by atoms with E-state index in [0.29, 0.717) is 5.69 Å². The molecule has 0 atom stereocenters. The number of furan rings is 1. The van der Waals surface area contributed by atoms with Crippen molar-refractivity contribution >= 4 is 56.2 Å². The molecule has 156 valence electrons. The van der Waals surface area contributed by atoms with Crippen LogP contribution < -0.4 is 14.9 Å². The van der Waals surface area contributed by atoms with Crippen LogP contribution in [0.25, 0.3) is 0 Å². The first-order valence-electron chi connectivity index (χ1n) is 8.86. The molecule has 7 nitrogen and oxygen atoms in total. The molecule has 1 aromatic heterocycles. The van der Waals surface area contributed by atoms with Crippen molar-refractivity contribution in [3.63, 3.8) is 0 Å². The van der Waals surface area contributed by atoms with Crippen LogP contribution in [0.4, 0.5) is 11.4 Å². The Kier molecular flexibility index (Phi) is 6.76. The lowest BCUT2D eigenvalue weighted by molar-refractivity contribution is 0.0950. The number of thiocarbonyl (C=S) groups is 1. The van der Waals surface area contributed by atoms with Crippen molar-refractivity contribution in [3.05, 3.63) is 77.7 Å². The average Bonchev–Trinajstić information content (AvgIpc) is 3.26. The minimum Gasteiger partial charge on any atom is -0.459 e. The van der Waals surface area contributed by atoms with Gasteiger partial charge in [0.1, 0.15) is 0 Å². The minimum atomic E-state index is -3.85. The number of hydrogen-bond acceptors (Lipinski definition) is 5. The predicted octanol–water partition coefficient (Wildman–Crippen LogP) is 4.28. The standard InChI is InChI=1S/C20H18ClN3O4S2/c1-2-24(14-7-4-3-5-8-14)30(26,27)15-10-11-16(21)17(13-15)22-20(29)23-19(25)18-9-6-12-28-18/h3-13H,2H2,1H3,(H2,22,23,25,29). The number of benzene rings is 2. The third-order valence-corrected chi connectivity index (χ3v) is 6.51. The molecular formula is C20H18ClN3O4S2. The lowest BCUT2D eigenvalue weighted by atomic mass is 10.3. The number of carbonyl (C=O) groups is 1. The Hall–Kier alpha value is -2.88. The van der Waals surface area contributed by atoms with Crippen molar-refractivity contribution in [1.29, 1.82) is 0 Å². The minimum absolute atomic E-state index is 0.0280. The maximum Gasteiger partial charge on any atom is 0.293 e. The van der Waals surface area contributed by atoms with Gasteiger partial charge in [0.05, 0.1) is 27.6 Å². The van der Waals surface area contributed by atoms with Gasteiger partial charge in [-0.25, -0.2) is 8.42 Å². The number of sulfonamides is 1. The van der Waals surface area contributed by atoms with E-state index in [2.05, 4.69) is 10.6 Å². The SMILES string of the molecule is CCN(c1ccccc1)S(=O)(=O)c1ccc(Cl)c(NC(=S)NC(=O)c2ccco2)c1. The van der Waals surface area contributed by atoms with E-state index in [0.717, 1.165) is 0 Å². The van der Waals surface area contributed by atoms with Gasteiger partial charge in [-0.3, -0.25) is 14.4 Å². The summed E-state index contributed by atoms with van der Waals surface area (Å²) in [7, 11) is -3.85. The Morgan fingerprint density at radius 3 is 2.50 bits per heavy atom. The van der Waals surface area contributed by atoms with Gasteiger partial charge < -0.3 is 9.73 Å². The molecule has 3 rings (SSSR count). The van der Waals surface area contributed by atoms with Crippen molar-refractivity contribution in [2.75, 3.05) is 16.2 Å². The quantitative estimate of drug-likeness (QED) is 0.530. The van der Waals surface area contributed by atoms with Crippen LogP contribution in [0.5, 0.6) is 0 Å². The highest BCUT2D eigenvalue weighted by Crippen LogP contribution is 2.29. The molecule has 2 aromatic carbocycles. The van der Waals surface area contributed by atoms with Gasteiger partial charge in [-0.15, -0.1) is 0 Å². The van der Waals surface area contributed by atoms with E-state index in [1.165, 1.54) is 34.8 Å². The third kappa shape index (κ3) is 4.81. The molecule has 0 radical (unpaired) electrons.